The fraction of sp³-hybridized carbons (Fsp3) is 0.389. The topological polar surface area (TPSA) is 125 Å². The van der Waals surface area contributed by atoms with E-state index in [1.165, 1.54) is 24.2 Å². The molecule has 1 atom stereocenters. The maximum Gasteiger partial charge on any atom is 0.338 e. The van der Waals surface area contributed by atoms with Crippen LogP contribution in [0.25, 0.3) is 0 Å². The molecule has 0 fully saturated rings. The van der Waals surface area contributed by atoms with Crippen molar-refractivity contribution in [2.24, 2.45) is 0 Å². The van der Waals surface area contributed by atoms with E-state index in [4.69, 9.17) is 10.1 Å². The molecule has 146 valence electrons. The number of carbonyl (C=O) groups is 2. The van der Waals surface area contributed by atoms with E-state index in [2.05, 4.69) is 0 Å². The van der Waals surface area contributed by atoms with Gasteiger partial charge in [0, 0.05) is 11.8 Å². The van der Waals surface area contributed by atoms with Gasteiger partial charge in [-0.15, -0.1) is 0 Å². The predicted octanol–water partition coefficient (Wildman–Crippen LogP) is 1.99. The number of rotatable bonds is 6. The highest BCUT2D eigenvalue weighted by Crippen LogP contribution is 2.34. The number of ketones is 1. The van der Waals surface area contributed by atoms with Crippen LogP contribution < -0.4 is 4.31 Å². The molecule has 1 aromatic rings. The number of fused-ring (bicyclic) bond motifs is 1. The van der Waals surface area contributed by atoms with Gasteiger partial charge < -0.3 is 15.3 Å². The first-order chi connectivity index (χ1) is 12.4. The van der Waals surface area contributed by atoms with Crippen molar-refractivity contribution in [1.29, 1.82) is 5.41 Å². The Balaban J connectivity index is 2.21. The SMILES string of the molecule is CC(=N)/C(C(C)=O)=C(/O)COC(=O)c1ccc2c(c1)CC(C)N2S(C)(=O)=O. The lowest BCUT2D eigenvalue weighted by Crippen LogP contribution is -2.34. The number of carbonyl (C=O) groups excluding carboxylic acids is 2. The second kappa shape index (κ2) is 7.51. The first kappa shape index (κ1) is 20.6. The van der Waals surface area contributed by atoms with E-state index in [1.54, 1.807) is 19.1 Å². The summed E-state index contributed by atoms with van der Waals surface area (Å²) in [4.78, 5) is 23.7. The number of allylic oxidation sites excluding steroid dienone is 1. The summed E-state index contributed by atoms with van der Waals surface area (Å²) in [6.07, 6.45) is 1.60. The van der Waals surface area contributed by atoms with Crippen LogP contribution in [0.1, 0.15) is 36.7 Å². The van der Waals surface area contributed by atoms with Crippen molar-refractivity contribution < 1.29 is 27.9 Å². The zero-order chi connectivity index (χ0) is 20.5. The van der Waals surface area contributed by atoms with E-state index < -0.39 is 34.1 Å². The van der Waals surface area contributed by atoms with Crippen molar-refractivity contribution in [3.05, 3.63) is 40.7 Å². The zero-order valence-corrected chi connectivity index (χ0v) is 16.4. The molecule has 0 bridgehead atoms. The van der Waals surface area contributed by atoms with Crippen LogP contribution in [0.15, 0.2) is 29.5 Å². The van der Waals surface area contributed by atoms with Crippen LogP contribution >= 0.6 is 0 Å². The molecule has 1 unspecified atom stereocenters. The summed E-state index contributed by atoms with van der Waals surface area (Å²) in [5.41, 5.74) is 1.14. The van der Waals surface area contributed by atoms with Gasteiger partial charge in [-0.1, -0.05) is 0 Å². The average Bonchev–Trinajstić information content (AvgIpc) is 2.86. The van der Waals surface area contributed by atoms with Crippen LogP contribution in [0, 0.1) is 5.41 Å². The number of Topliss-reactive ketones (excluding diaryl/α,β-unsaturated/α-hetero) is 1. The number of ether oxygens (including phenoxy) is 1. The second-order valence-corrected chi connectivity index (χ2v) is 8.39. The molecule has 0 amide bonds. The molecule has 0 aliphatic carbocycles. The number of esters is 1. The normalized spacial score (nSPS) is 17.2. The Morgan fingerprint density at radius 1 is 1.33 bits per heavy atom. The Hall–Kier alpha value is -2.68. The molecular formula is C18H22N2O6S. The van der Waals surface area contributed by atoms with Crippen molar-refractivity contribution >= 4 is 33.2 Å². The largest absolute Gasteiger partial charge is 0.508 e. The second-order valence-electron chi connectivity index (χ2n) is 6.53. The van der Waals surface area contributed by atoms with Gasteiger partial charge in [-0.05, 0) is 51.0 Å². The maximum atomic E-state index is 12.2. The van der Waals surface area contributed by atoms with E-state index in [-0.39, 0.29) is 22.9 Å². The molecule has 0 aromatic heterocycles. The average molecular weight is 394 g/mol. The maximum absolute atomic E-state index is 12.2. The minimum Gasteiger partial charge on any atom is -0.508 e. The first-order valence-corrected chi connectivity index (χ1v) is 10.1. The van der Waals surface area contributed by atoms with Crippen LogP contribution in [0.2, 0.25) is 0 Å². The van der Waals surface area contributed by atoms with Crippen molar-refractivity contribution in [2.45, 2.75) is 33.2 Å². The Labute approximate surface area is 158 Å². The zero-order valence-electron chi connectivity index (χ0n) is 15.6. The summed E-state index contributed by atoms with van der Waals surface area (Å²) < 4.78 is 30.2. The monoisotopic (exact) mass is 394 g/mol. The Bertz CT molecular complexity index is 933. The molecule has 9 heteroatoms. The van der Waals surface area contributed by atoms with E-state index >= 15 is 0 Å². The highest BCUT2D eigenvalue weighted by molar-refractivity contribution is 7.92. The highest BCUT2D eigenvalue weighted by atomic mass is 32.2. The standard InChI is InChI=1S/C18H22N2O6S/c1-10-7-14-8-13(5-6-15(14)20(10)27(4,24)25)18(23)26-9-16(22)17(11(2)19)12(3)21/h5-6,8,10,19,22H,7,9H2,1-4H3/b17-16-,19-11?. The molecule has 0 radical (unpaired) electrons. The molecule has 0 saturated heterocycles. The lowest BCUT2D eigenvalue weighted by atomic mass is 10.1. The Morgan fingerprint density at radius 2 is 1.96 bits per heavy atom. The smallest absolute Gasteiger partial charge is 0.338 e. The molecule has 1 aliphatic rings. The number of hydrogen-bond acceptors (Lipinski definition) is 7. The van der Waals surface area contributed by atoms with Crippen LogP contribution in [0.5, 0.6) is 0 Å². The van der Waals surface area contributed by atoms with Crippen LogP contribution in [-0.2, 0) is 26.0 Å². The summed E-state index contributed by atoms with van der Waals surface area (Å²) in [6.45, 7) is 3.81. The number of hydrogen-bond donors (Lipinski definition) is 2. The molecule has 1 aromatic carbocycles. The molecule has 1 heterocycles. The van der Waals surface area contributed by atoms with Gasteiger partial charge in [0.05, 0.1) is 23.1 Å². The minimum absolute atomic E-state index is 0.122. The Kier molecular flexibility index (Phi) is 5.74. The summed E-state index contributed by atoms with van der Waals surface area (Å²) in [7, 11) is -3.42. The number of sulfonamides is 1. The number of anilines is 1. The first-order valence-electron chi connectivity index (χ1n) is 8.21. The van der Waals surface area contributed by atoms with Gasteiger partial charge in [0.15, 0.2) is 5.78 Å². The minimum atomic E-state index is -3.42. The third-order valence-electron chi connectivity index (χ3n) is 4.18. The van der Waals surface area contributed by atoms with Gasteiger partial charge in [-0.2, -0.15) is 0 Å². The molecule has 2 N–H and O–H groups in total. The van der Waals surface area contributed by atoms with Gasteiger partial charge in [-0.3, -0.25) is 9.10 Å². The molecule has 2 rings (SSSR count). The third kappa shape index (κ3) is 4.36. The summed E-state index contributed by atoms with van der Waals surface area (Å²) in [5, 5.41) is 17.4. The Morgan fingerprint density at radius 3 is 2.48 bits per heavy atom. The molecule has 0 saturated carbocycles. The van der Waals surface area contributed by atoms with E-state index in [0.29, 0.717) is 17.7 Å². The van der Waals surface area contributed by atoms with E-state index in [9.17, 15) is 23.1 Å². The fourth-order valence-electron chi connectivity index (χ4n) is 3.21. The third-order valence-corrected chi connectivity index (χ3v) is 5.45. The fourth-order valence-corrected chi connectivity index (χ4v) is 4.47. The van der Waals surface area contributed by atoms with Crippen LogP contribution in [0.3, 0.4) is 0 Å². The van der Waals surface area contributed by atoms with Crippen LogP contribution in [0.4, 0.5) is 5.69 Å². The quantitative estimate of drug-likeness (QED) is 0.329. The summed E-state index contributed by atoms with van der Waals surface area (Å²) >= 11 is 0. The number of aliphatic hydroxyl groups is 1. The van der Waals surface area contributed by atoms with Crippen molar-refractivity contribution in [3.63, 3.8) is 0 Å². The number of nitrogens with one attached hydrogen (secondary N) is 1. The summed E-state index contributed by atoms with van der Waals surface area (Å²) in [5.74, 6) is -1.70. The van der Waals surface area contributed by atoms with Crippen molar-refractivity contribution in [2.75, 3.05) is 17.2 Å². The lowest BCUT2D eigenvalue weighted by Gasteiger charge is -2.21. The van der Waals surface area contributed by atoms with Crippen molar-refractivity contribution in [1.82, 2.24) is 0 Å². The van der Waals surface area contributed by atoms with E-state index in [1.807, 2.05) is 0 Å². The number of benzene rings is 1. The molecule has 8 nitrogen and oxygen atoms in total. The van der Waals surface area contributed by atoms with Gasteiger partial charge in [0.25, 0.3) is 0 Å². The molecule has 1 aliphatic heterocycles. The van der Waals surface area contributed by atoms with Gasteiger partial charge in [0.2, 0.25) is 10.0 Å². The number of nitrogens with zero attached hydrogens (tertiary/aromatic N) is 1. The number of aliphatic hydroxyl groups excluding tert-OH is 1. The molecular weight excluding hydrogens is 372 g/mol. The van der Waals surface area contributed by atoms with Gasteiger partial charge >= 0.3 is 5.97 Å². The van der Waals surface area contributed by atoms with E-state index in [0.717, 1.165) is 6.26 Å². The van der Waals surface area contributed by atoms with Crippen molar-refractivity contribution in [3.8, 4) is 0 Å². The van der Waals surface area contributed by atoms with Gasteiger partial charge in [-0.25, -0.2) is 13.2 Å². The predicted molar refractivity (Wildman–Crippen MR) is 101 cm³/mol. The highest BCUT2D eigenvalue weighted by Gasteiger charge is 2.33. The summed E-state index contributed by atoms with van der Waals surface area (Å²) in [6, 6.07) is 4.32. The van der Waals surface area contributed by atoms with Gasteiger partial charge in [0.1, 0.15) is 12.4 Å². The molecule has 0 spiro atoms. The van der Waals surface area contributed by atoms with Crippen LogP contribution in [-0.4, -0.2) is 49.9 Å². The lowest BCUT2D eigenvalue weighted by molar-refractivity contribution is -0.113. The molecule has 27 heavy (non-hydrogen) atoms.